The first-order valence-electron chi connectivity index (χ1n) is 7.43. The third-order valence-corrected chi connectivity index (χ3v) is 3.05. The van der Waals surface area contributed by atoms with Crippen molar-refractivity contribution in [3.63, 3.8) is 0 Å². The number of amides is 1. The minimum atomic E-state index is -0.370. The molecule has 0 heterocycles. The third kappa shape index (κ3) is 6.08. The van der Waals surface area contributed by atoms with Gasteiger partial charge in [0.15, 0.2) is 0 Å². The van der Waals surface area contributed by atoms with Gasteiger partial charge in [0.05, 0.1) is 6.42 Å². The van der Waals surface area contributed by atoms with Crippen LogP contribution in [-0.4, -0.2) is 25.1 Å². The van der Waals surface area contributed by atoms with E-state index in [0.29, 0.717) is 11.4 Å². The maximum atomic E-state index is 12.7. The number of benzene rings is 2. The van der Waals surface area contributed by atoms with Crippen LogP contribution in [-0.2, 0) is 20.7 Å². The number of halogens is 1. The van der Waals surface area contributed by atoms with Crippen molar-refractivity contribution in [2.24, 2.45) is 0 Å². The highest BCUT2D eigenvalue weighted by Gasteiger charge is 2.05. The molecule has 2 aromatic carbocycles. The summed E-state index contributed by atoms with van der Waals surface area (Å²) in [6, 6.07) is 12.6. The largest absolute Gasteiger partial charge is 0.490 e. The van der Waals surface area contributed by atoms with Crippen LogP contribution < -0.4 is 10.1 Å². The van der Waals surface area contributed by atoms with Crippen LogP contribution >= 0.6 is 0 Å². The van der Waals surface area contributed by atoms with Crippen LogP contribution in [0.1, 0.15) is 12.5 Å². The monoisotopic (exact) mass is 331 g/mol. The molecule has 0 aliphatic heterocycles. The van der Waals surface area contributed by atoms with Crippen molar-refractivity contribution < 1.29 is 23.5 Å². The topological polar surface area (TPSA) is 64.6 Å². The summed E-state index contributed by atoms with van der Waals surface area (Å²) < 4.78 is 23.1. The molecule has 0 bridgehead atoms. The maximum absolute atomic E-state index is 12.7. The number of esters is 1. The second-order valence-corrected chi connectivity index (χ2v) is 5.08. The van der Waals surface area contributed by atoms with E-state index in [1.54, 1.807) is 24.3 Å². The van der Waals surface area contributed by atoms with E-state index in [1.807, 2.05) is 0 Å². The van der Waals surface area contributed by atoms with Gasteiger partial charge in [-0.25, -0.2) is 4.39 Å². The minimum absolute atomic E-state index is 0.111. The highest BCUT2D eigenvalue weighted by Crippen LogP contribution is 2.12. The van der Waals surface area contributed by atoms with Crippen LogP contribution in [0.15, 0.2) is 48.5 Å². The first-order chi connectivity index (χ1) is 11.5. The fourth-order valence-electron chi connectivity index (χ4n) is 1.97. The highest BCUT2D eigenvalue weighted by atomic mass is 19.1. The molecule has 0 fully saturated rings. The molecule has 0 spiro atoms. The number of hydrogen-bond donors (Lipinski definition) is 1. The van der Waals surface area contributed by atoms with E-state index in [4.69, 9.17) is 9.47 Å². The van der Waals surface area contributed by atoms with Gasteiger partial charge >= 0.3 is 5.97 Å². The molecule has 0 radical (unpaired) electrons. The molecule has 2 rings (SSSR count). The Labute approximate surface area is 139 Å². The van der Waals surface area contributed by atoms with Gasteiger partial charge in [-0.05, 0) is 42.0 Å². The predicted molar refractivity (Wildman–Crippen MR) is 87.3 cm³/mol. The molecule has 0 aliphatic carbocycles. The second-order valence-electron chi connectivity index (χ2n) is 5.08. The lowest BCUT2D eigenvalue weighted by molar-refractivity contribution is -0.143. The number of carbonyl (C=O) groups is 2. The highest BCUT2D eigenvalue weighted by molar-refractivity contribution is 5.88. The standard InChI is InChI=1S/C18H18FNO4/c1-13(21)20-16-6-2-14(3-7-16)12-18(22)24-11-10-23-17-8-4-15(19)5-9-17/h2-9H,10-12H2,1H3,(H,20,21). The zero-order chi connectivity index (χ0) is 17.4. The summed E-state index contributed by atoms with van der Waals surface area (Å²) in [6.45, 7) is 1.73. The van der Waals surface area contributed by atoms with Gasteiger partial charge in [-0.1, -0.05) is 12.1 Å². The molecule has 0 unspecified atom stereocenters. The van der Waals surface area contributed by atoms with Crippen LogP contribution in [0.4, 0.5) is 10.1 Å². The van der Waals surface area contributed by atoms with Crippen molar-refractivity contribution in [1.29, 1.82) is 0 Å². The number of ether oxygens (including phenoxy) is 2. The van der Waals surface area contributed by atoms with E-state index in [-0.39, 0.29) is 37.3 Å². The smallest absolute Gasteiger partial charge is 0.310 e. The molecular weight excluding hydrogens is 313 g/mol. The van der Waals surface area contributed by atoms with Crippen LogP contribution in [0, 0.1) is 5.82 Å². The molecular formula is C18H18FNO4. The average Bonchev–Trinajstić information content (AvgIpc) is 2.55. The number of rotatable bonds is 7. The Bertz CT molecular complexity index is 683. The fourth-order valence-corrected chi connectivity index (χ4v) is 1.97. The Morgan fingerprint density at radius 3 is 2.29 bits per heavy atom. The molecule has 5 nitrogen and oxygen atoms in total. The maximum Gasteiger partial charge on any atom is 0.310 e. The van der Waals surface area contributed by atoms with Gasteiger partial charge in [0.1, 0.15) is 24.8 Å². The Balaban J connectivity index is 1.69. The minimum Gasteiger partial charge on any atom is -0.490 e. The van der Waals surface area contributed by atoms with Gasteiger partial charge in [0, 0.05) is 12.6 Å². The van der Waals surface area contributed by atoms with Crippen molar-refractivity contribution in [3.8, 4) is 5.75 Å². The lowest BCUT2D eigenvalue weighted by Crippen LogP contribution is -2.14. The molecule has 24 heavy (non-hydrogen) atoms. The van der Waals surface area contributed by atoms with Gasteiger partial charge in [-0.15, -0.1) is 0 Å². The molecule has 0 aromatic heterocycles. The van der Waals surface area contributed by atoms with Gasteiger partial charge in [0.2, 0.25) is 5.91 Å². The first-order valence-corrected chi connectivity index (χ1v) is 7.43. The van der Waals surface area contributed by atoms with Crippen LogP contribution in [0.3, 0.4) is 0 Å². The van der Waals surface area contributed by atoms with Gasteiger partial charge in [0.25, 0.3) is 0 Å². The second kappa shape index (κ2) is 8.67. The van der Waals surface area contributed by atoms with E-state index in [2.05, 4.69) is 5.32 Å². The normalized spacial score (nSPS) is 10.1. The summed E-state index contributed by atoms with van der Waals surface area (Å²) in [5.74, 6) is -0.340. The van der Waals surface area contributed by atoms with Crippen molar-refractivity contribution in [1.82, 2.24) is 0 Å². The van der Waals surface area contributed by atoms with Crippen LogP contribution in [0.25, 0.3) is 0 Å². The molecule has 0 aliphatic rings. The Morgan fingerprint density at radius 1 is 1.00 bits per heavy atom. The van der Waals surface area contributed by atoms with Crippen molar-refractivity contribution in [3.05, 3.63) is 59.9 Å². The van der Waals surface area contributed by atoms with Crippen molar-refractivity contribution in [2.45, 2.75) is 13.3 Å². The molecule has 2 aromatic rings. The van der Waals surface area contributed by atoms with E-state index >= 15 is 0 Å². The number of carbonyl (C=O) groups excluding carboxylic acids is 2. The van der Waals surface area contributed by atoms with E-state index in [9.17, 15) is 14.0 Å². The zero-order valence-corrected chi connectivity index (χ0v) is 13.3. The van der Waals surface area contributed by atoms with E-state index < -0.39 is 0 Å². The quantitative estimate of drug-likeness (QED) is 0.626. The molecule has 6 heteroatoms. The average molecular weight is 331 g/mol. The van der Waals surface area contributed by atoms with E-state index in [0.717, 1.165) is 5.56 Å². The SMILES string of the molecule is CC(=O)Nc1ccc(CC(=O)OCCOc2ccc(F)cc2)cc1. The first kappa shape index (κ1) is 17.5. The molecule has 1 amide bonds. The summed E-state index contributed by atoms with van der Waals surface area (Å²) in [5, 5.41) is 2.65. The van der Waals surface area contributed by atoms with Crippen LogP contribution in [0.5, 0.6) is 5.75 Å². The van der Waals surface area contributed by atoms with Gasteiger partial charge < -0.3 is 14.8 Å². The van der Waals surface area contributed by atoms with Gasteiger partial charge in [-0.2, -0.15) is 0 Å². The number of hydrogen-bond acceptors (Lipinski definition) is 4. The molecule has 126 valence electrons. The Morgan fingerprint density at radius 2 is 1.67 bits per heavy atom. The summed E-state index contributed by atoms with van der Waals surface area (Å²) >= 11 is 0. The Kier molecular flexibility index (Phi) is 6.31. The fraction of sp³-hybridized carbons (Fsp3) is 0.222. The van der Waals surface area contributed by atoms with Gasteiger partial charge in [-0.3, -0.25) is 9.59 Å². The molecule has 1 N–H and O–H groups in total. The lowest BCUT2D eigenvalue weighted by Gasteiger charge is -2.08. The van der Waals surface area contributed by atoms with Crippen LogP contribution in [0.2, 0.25) is 0 Å². The zero-order valence-electron chi connectivity index (χ0n) is 13.3. The molecule has 0 saturated heterocycles. The van der Waals surface area contributed by atoms with Crippen molar-refractivity contribution in [2.75, 3.05) is 18.5 Å². The number of nitrogens with one attached hydrogen (secondary N) is 1. The molecule has 0 atom stereocenters. The summed E-state index contributed by atoms with van der Waals surface area (Å²) in [5.41, 5.74) is 1.46. The number of anilines is 1. The third-order valence-electron chi connectivity index (χ3n) is 3.05. The summed E-state index contributed by atoms with van der Waals surface area (Å²) in [4.78, 5) is 22.7. The molecule has 0 saturated carbocycles. The summed E-state index contributed by atoms with van der Waals surface area (Å²) in [6.07, 6.45) is 0.136. The predicted octanol–water partition coefficient (Wildman–Crippen LogP) is 2.95. The Hall–Kier alpha value is -2.89. The van der Waals surface area contributed by atoms with Crippen molar-refractivity contribution >= 4 is 17.6 Å². The lowest BCUT2D eigenvalue weighted by atomic mass is 10.1. The van der Waals surface area contributed by atoms with E-state index in [1.165, 1.54) is 31.2 Å². The summed E-state index contributed by atoms with van der Waals surface area (Å²) in [7, 11) is 0.